The second kappa shape index (κ2) is 8.48. The molecule has 0 fully saturated rings. The second-order valence-corrected chi connectivity index (χ2v) is 8.61. The fourth-order valence-corrected chi connectivity index (χ4v) is 3.74. The monoisotopic (exact) mass is 412 g/mol. The van der Waals surface area contributed by atoms with Crippen LogP contribution in [0.4, 0.5) is 16.3 Å². The van der Waals surface area contributed by atoms with Gasteiger partial charge in [0, 0.05) is 17.1 Å². The van der Waals surface area contributed by atoms with Gasteiger partial charge in [0.2, 0.25) is 0 Å². The lowest BCUT2D eigenvalue weighted by Crippen LogP contribution is -2.21. The average Bonchev–Trinajstić information content (AvgIpc) is 3.28. The molecule has 0 aliphatic carbocycles. The summed E-state index contributed by atoms with van der Waals surface area (Å²) in [4.78, 5) is 25.9. The van der Waals surface area contributed by atoms with E-state index in [2.05, 4.69) is 15.7 Å². The number of carbonyl (C=O) groups is 2. The molecule has 0 saturated carbocycles. The van der Waals surface area contributed by atoms with Crippen molar-refractivity contribution in [3.05, 3.63) is 64.0 Å². The van der Waals surface area contributed by atoms with Gasteiger partial charge in [-0.1, -0.05) is 51.1 Å². The molecule has 3 aromatic rings. The summed E-state index contributed by atoms with van der Waals surface area (Å²) in [6.07, 6.45) is 1.80. The van der Waals surface area contributed by atoms with E-state index in [1.165, 1.54) is 18.4 Å². The highest BCUT2D eigenvalue weighted by atomic mass is 32.1. The molecule has 2 amide bonds. The summed E-state index contributed by atoms with van der Waals surface area (Å²) in [5, 5.41) is 9.80. The summed E-state index contributed by atoms with van der Waals surface area (Å²) < 4.78 is 6.59. The Kier molecular flexibility index (Phi) is 6.03. The van der Waals surface area contributed by atoms with Crippen molar-refractivity contribution in [2.45, 2.75) is 32.7 Å². The van der Waals surface area contributed by atoms with Gasteiger partial charge in [0.1, 0.15) is 4.88 Å². The molecule has 0 bridgehead atoms. The maximum atomic E-state index is 12.5. The molecule has 1 aromatic carbocycles. The van der Waals surface area contributed by atoms with Gasteiger partial charge in [0.05, 0.1) is 19.3 Å². The normalized spacial score (nSPS) is 11.2. The molecular formula is C21H24N4O3S. The lowest BCUT2D eigenvalue weighted by atomic mass is 9.94. The summed E-state index contributed by atoms with van der Waals surface area (Å²) in [6, 6.07) is 13.0. The van der Waals surface area contributed by atoms with Crippen LogP contribution < -0.4 is 10.6 Å². The number of ether oxygens (including phenoxy) is 1. The number of aromatic nitrogens is 2. The number of esters is 1. The van der Waals surface area contributed by atoms with Crippen molar-refractivity contribution in [2.75, 3.05) is 17.7 Å². The van der Waals surface area contributed by atoms with Crippen LogP contribution in [-0.2, 0) is 16.7 Å². The van der Waals surface area contributed by atoms with Gasteiger partial charge in [-0.15, -0.1) is 11.3 Å². The number of thiophene rings is 1. The highest BCUT2D eigenvalue weighted by molar-refractivity contribution is 7.14. The topological polar surface area (TPSA) is 85.2 Å². The van der Waals surface area contributed by atoms with Gasteiger partial charge in [0.25, 0.3) is 0 Å². The van der Waals surface area contributed by atoms with Crippen LogP contribution in [0.5, 0.6) is 0 Å². The molecule has 0 atom stereocenters. The van der Waals surface area contributed by atoms with Gasteiger partial charge in [0.15, 0.2) is 5.82 Å². The Morgan fingerprint density at radius 1 is 1.14 bits per heavy atom. The first kappa shape index (κ1) is 20.6. The molecule has 0 saturated heterocycles. The van der Waals surface area contributed by atoms with Crippen LogP contribution in [0, 0.1) is 0 Å². The first-order chi connectivity index (χ1) is 13.8. The molecule has 152 valence electrons. The zero-order valence-electron chi connectivity index (χ0n) is 16.9. The third kappa shape index (κ3) is 5.23. The number of nitrogens with one attached hydrogen (secondary N) is 2. The van der Waals surface area contributed by atoms with E-state index in [-0.39, 0.29) is 5.41 Å². The number of rotatable bonds is 5. The summed E-state index contributed by atoms with van der Waals surface area (Å²) in [6.45, 7) is 6.74. The highest BCUT2D eigenvalue weighted by Gasteiger charge is 2.24. The number of benzene rings is 1. The Hall–Kier alpha value is -3.13. The number of urea groups is 1. The van der Waals surface area contributed by atoms with Gasteiger partial charge in [-0.05, 0) is 17.0 Å². The maximum Gasteiger partial charge on any atom is 0.350 e. The Morgan fingerprint density at radius 3 is 2.52 bits per heavy atom. The van der Waals surface area contributed by atoms with Crippen molar-refractivity contribution in [1.82, 2.24) is 9.78 Å². The largest absolute Gasteiger partial charge is 0.465 e. The van der Waals surface area contributed by atoms with Crippen LogP contribution in [-0.4, -0.2) is 28.9 Å². The van der Waals surface area contributed by atoms with Crippen molar-refractivity contribution in [2.24, 2.45) is 0 Å². The van der Waals surface area contributed by atoms with E-state index in [4.69, 9.17) is 4.74 Å². The van der Waals surface area contributed by atoms with Gasteiger partial charge in [-0.2, -0.15) is 5.10 Å². The number of nitrogens with zero attached hydrogens (tertiary/aromatic N) is 2. The van der Waals surface area contributed by atoms with E-state index in [0.717, 1.165) is 10.4 Å². The first-order valence-electron chi connectivity index (χ1n) is 9.14. The summed E-state index contributed by atoms with van der Waals surface area (Å²) in [5.74, 6) is -0.0581. The van der Waals surface area contributed by atoms with E-state index in [0.29, 0.717) is 22.9 Å². The second-order valence-electron chi connectivity index (χ2n) is 7.56. The van der Waals surface area contributed by atoms with E-state index in [1.54, 1.807) is 16.9 Å². The molecule has 2 N–H and O–H groups in total. The fraction of sp³-hybridized carbons (Fsp3) is 0.286. The number of carbonyl (C=O) groups excluding carboxylic acids is 2. The predicted octanol–water partition coefficient (Wildman–Crippen LogP) is 4.72. The van der Waals surface area contributed by atoms with Gasteiger partial charge >= 0.3 is 12.0 Å². The van der Waals surface area contributed by atoms with Crippen LogP contribution in [0.1, 0.15) is 40.9 Å². The lowest BCUT2D eigenvalue weighted by Gasteiger charge is -2.15. The molecule has 0 radical (unpaired) electrons. The van der Waals surface area contributed by atoms with Crippen molar-refractivity contribution >= 4 is 34.8 Å². The van der Waals surface area contributed by atoms with Gasteiger partial charge in [-0.25, -0.2) is 9.59 Å². The Balaban J connectivity index is 1.69. The number of hydrogen-bond donors (Lipinski definition) is 2. The van der Waals surface area contributed by atoms with E-state index < -0.39 is 12.0 Å². The molecule has 7 nitrogen and oxygen atoms in total. The van der Waals surface area contributed by atoms with Crippen LogP contribution in [0.25, 0.3) is 0 Å². The molecule has 2 aromatic heterocycles. The summed E-state index contributed by atoms with van der Waals surface area (Å²) >= 11 is 1.32. The predicted molar refractivity (Wildman–Crippen MR) is 115 cm³/mol. The quantitative estimate of drug-likeness (QED) is 0.594. The van der Waals surface area contributed by atoms with Crippen molar-refractivity contribution in [3.63, 3.8) is 0 Å². The Labute approximate surface area is 173 Å². The summed E-state index contributed by atoms with van der Waals surface area (Å²) in [7, 11) is 1.32. The minimum absolute atomic E-state index is 0.153. The third-order valence-electron chi connectivity index (χ3n) is 4.16. The molecule has 0 aliphatic heterocycles. The van der Waals surface area contributed by atoms with E-state index >= 15 is 0 Å². The molecule has 29 heavy (non-hydrogen) atoms. The maximum absolute atomic E-state index is 12.5. The minimum Gasteiger partial charge on any atom is -0.465 e. The van der Waals surface area contributed by atoms with Crippen molar-refractivity contribution < 1.29 is 14.3 Å². The zero-order valence-corrected chi connectivity index (χ0v) is 17.7. The zero-order chi connectivity index (χ0) is 21.0. The molecule has 2 heterocycles. The number of hydrogen-bond acceptors (Lipinski definition) is 5. The van der Waals surface area contributed by atoms with E-state index in [9.17, 15) is 9.59 Å². The van der Waals surface area contributed by atoms with E-state index in [1.807, 2.05) is 57.2 Å². The van der Waals surface area contributed by atoms with Gasteiger partial charge < -0.3 is 10.1 Å². The number of amides is 2. The van der Waals surface area contributed by atoms with Crippen LogP contribution in [0.2, 0.25) is 0 Å². The minimum atomic E-state index is -0.479. The smallest absolute Gasteiger partial charge is 0.350 e. The van der Waals surface area contributed by atoms with Crippen LogP contribution in [0.15, 0.2) is 48.7 Å². The van der Waals surface area contributed by atoms with Crippen molar-refractivity contribution in [3.8, 4) is 0 Å². The molecule has 0 unspecified atom stereocenters. The van der Waals surface area contributed by atoms with Crippen molar-refractivity contribution in [1.29, 1.82) is 0 Å². The highest BCUT2D eigenvalue weighted by Crippen LogP contribution is 2.35. The molecular weight excluding hydrogens is 388 g/mol. The third-order valence-corrected chi connectivity index (χ3v) is 5.70. The average molecular weight is 413 g/mol. The fourth-order valence-electron chi connectivity index (χ4n) is 2.65. The number of methoxy groups -OCH3 is 1. The van der Waals surface area contributed by atoms with Gasteiger partial charge in [-0.3, -0.25) is 10.00 Å². The standard InChI is InChI=1S/C21H24N4O3S/c1-21(2,3)16-12-15(18(29-16)19(26)28-4)22-20(27)23-17-10-11-25(24-17)13-14-8-6-5-7-9-14/h5-12H,13H2,1-4H3,(H2,22,23,24,27). The summed E-state index contributed by atoms with van der Waals surface area (Å²) in [5.41, 5.74) is 1.38. The first-order valence-corrected chi connectivity index (χ1v) is 9.96. The molecule has 8 heteroatoms. The lowest BCUT2D eigenvalue weighted by molar-refractivity contribution is 0.0607. The SMILES string of the molecule is COC(=O)c1sc(C(C)(C)C)cc1NC(=O)Nc1ccn(Cc2ccccc2)n1. The Morgan fingerprint density at radius 2 is 1.86 bits per heavy atom. The molecule has 0 aliphatic rings. The molecule has 0 spiro atoms. The Bertz CT molecular complexity index is 1000. The van der Waals surface area contributed by atoms with Crippen LogP contribution in [0.3, 0.4) is 0 Å². The number of anilines is 2. The molecule has 3 rings (SSSR count). The van der Waals surface area contributed by atoms with Crippen LogP contribution >= 0.6 is 11.3 Å².